The van der Waals surface area contributed by atoms with Crippen molar-refractivity contribution in [3.63, 3.8) is 0 Å². The maximum Gasteiger partial charge on any atom is 0.287 e. The molecule has 0 aliphatic carbocycles. The molecule has 1 rings (SSSR count). The lowest BCUT2D eigenvalue weighted by Crippen LogP contribution is -2.43. The number of hydrogen-bond donors (Lipinski definition) is 3. The van der Waals surface area contributed by atoms with E-state index in [1.165, 1.54) is 6.26 Å². The van der Waals surface area contributed by atoms with Gasteiger partial charge in [-0.2, -0.15) is 0 Å². The maximum atomic E-state index is 11.4. The van der Waals surface area contributed by atoms with Crippen LogP contribution in [0.4, 0.5) is 0 Å². The Kier molecular flexibility index (Phi) is 5.93. The van der Waals surface area contributed by atoms with Gasteiger partial charge in [0.1, 0.15) is 0 Å². The molecule has 0 saturated heterocycles. The zero-order chi connectivity index (χ0) is 13.4. The van der Waals surface area contributed by atoms with Crippen molar-refractivity contribution in [1.29, 1.82) is 0 Å². The third kappa shape index (κ3) is 4.58. The monoisotopic (exact) mass is 253 g/mol. The average molecular weight is 253 g/mol. The summed E-state index contributed by atoms with van der Waals surface area (Å²) in [6.45, 7) is 2.66. The van der Waals surface area contributed by atoms with Crippen molar-refractivity contribution < 1.29 is 14.0 Å². The Morgan fingerprint density at radius 2 is 2.11 bits per heavy atom. The fraction of sp³-hybridized carbons (Fsp3) is 0.500. The number of nitrogens with two attached hydrogens (primary N) is 1. The average Bonchev–Trinajstić information content (AvgIpc) is 2.88. The predicted molar refractivity (Wildman–Crippen MR) is 66.9 cm³/mol. The first-order chi connectivity index (χ1) is 8.65. The zero-order valence-electron chi connectivity index (χ0n) is 10.4. The molecule has 1 atom stereocenters. The minimum atomic E-state index is -0.476. The summed E-state index contributed by atoms with van der Waals surface area (Å²) in [5, 5.41) is 5.28. The number of furan rings is 1. The van der Waals surface area contributed by atoms with Crippen LogP contribution < -0.4 is 16.4 Å². The molecule has 0 aliphatic heterocycles. The molecule has 1 aromatic heterocycles. The standard InChI is InChI=1S/C12H19N3O3/c1-2-4-9(13)11(16)14-6-7-15-12(17)10-5-3-8-18-10/h3,5,8-9H,2,4,6-7,13H2,1H3,(H,14,16)(H,15,17). The van der Waals surface area contributed by atoms with Gasteiger partial charge < -0.3 is 20.8 Å². The zero-order valence-corrected chi connectivity index (χ0v) is 10.4. The number of carbonyl (C=O) groups is 2. The Balaban J connectivity index is 2.15. The highest BCUT2D eigenvalue weighted by atomic mass is 16.3. The molecule has 6 nitrogen and oxygen atoms in total. The molecule has 6 heteroatoms. The lowest BCUT2D eigenvalue weighted by molar-refractivity contribution is -0.122. The van der Waals surface area contributed by atoms with Crippen LogP contribution in [0.1, 0.15) is 30.3 Å². The summed E-state index contributed by atoms with van der Waals surface area (Å²) in [5.41, 5.74) is 5.63. The van der Waals surface area contributed by atoms with E-state index in [0.717, 1.165) is 6.42 Å². The van der Waals surface area contributed by atoms with Crippen molar-refractivity contribution in [2.75, 3.05) is 13.1 Å². The molecule has 1 aromatic rings. The van der Waals surface area contributed by atoms with Crippen LogP contribution in [0.5, 0.6) is 0 Å². The van der Waals surface area contributed by atoms with E-state index in [1.54, 1.807) is 12.1 Å². The van der Waals surface area contributed by atoms with E-state index in [9.17, 15) is 9.59 Å². The molecule has 0 fully saturated rings. The topological polar surface area (TPSA) is 97.4 Å². The lowest BCUT2D eigenvalue weighted by atomic mass is 10.2. The number of nitrogens with one attached hydrogen (secondary N) is 2. The molecule has 2 amide bonds. The van der Waals surface area contributed by atoms with Crippen molar-refractivity contribution in [1.82, 2.24) is 10.6 Å². The first-order valence-corrected chi connectivity index (χ1v) is 6.00. The van der Waals surface area contributed by atoms with Gasteiger partial charge in [0.05, 0.1) is 12.3 Å². The first kappa shape index (κ1) is 14.2. The molecular weight excluding hydrogens is 234 g/mol. The van der Waals surface area contributed by atoms with Crippen LogP contribution in [0.2, 0.25) is 0 Å². The minimum absolute atomic E-state index is 0.191. The molecule has 0 spiro atoms. The van der Waals surface area contributed by atoms with E-state index >= 15 is 0 Å². The highest BCUT2D eigenvalue weighted by Crippen LogP contribution is 1.98. The molecule has 18 heavy (non-hydrogen) atoms. The summed E-state index contributed by atoms with van der Waals surface area (Å²) in [6.07, 6.45) is 2.95. The van der Waals surface area contributed by atoms with Crippen molar-refractivity contribution in [2.45, 2.75) is 25.8 Å². The second-order valence-electron chi connectivity index (χ2n) is 3.92. The van der Waals surface area contributed by atoms with E-state index < -0.39 is 6.04 Å². The van der Waals surface area contributed by atoms with Crippen LogP contribution in [-0.4, -0.2) is 30.9 Å². The number of amides is 2. The van der Waals surface area contributed by atoms with Gasteiger partial charge in [-0.15, -0.1) is 0 Å². The van der Waals surface area contributed by atoms with E-state index in [2.05, 4.69) is 10.6 Å². The third-order valence-electron chi connectivity index (χ3n) is 2.39. The second kappa shape index (κ2) is 7.50. The SMILES string of the molecule is CCCC(N)C(=O)NCCNC(=O)c1ccco1. The third-order valence-corrected chi connectivity index (χ3v) is 2.39. The summed E-state index contributed by atoms with van der Waals surface area (Å²) in [7, 11) is 0. The molecular formula is C12H19N3O3. The van der Waals surface area contributed by atoms with Crippen molar-refractivity contribution in [2.24, 2.45) is 5.73 Å². The number of rotatable bonds is 7. The molecule has 1 heterocycles. The Morgan fingerprint density at radius 3 is 2.72 bits per heavy atom. The molecule has 0 bridgehead atoms. The molecule has 100 valence electrons. The van der Waals surface area contributed by atoms with Gasteiger partial charge in [0.15, 0.2) is 5.76 Å². The fourth-order valence-corrected chi connectivity index (χ4v) is 1.43. The van der Waals surface area contributed by atoms with Gasteiger partial charge in [0.25, 0.3) is 5.91 Å². The van der Waals surface area contributed by atoms with Crippen LogP contribution in [-0.2, 0) is 4.79 Å². The van der Waals surface area contributed by atoms with Crippen LogP contribution in [0, 0.1) is 0 Å². The Labute approximate surface area is 106 Å². The number of carbonyl (C=O) groups excluding carboxylic acids is 2. The van der Waals surface area contributed by atoms with Crippen LogP contribution in [0.15, 0.2) is 22.8 Å². The first-order valence-electron chi connectivity index (χ1n) is 6.00. The highest BCUT2D eigenvalue weighted by Gasteiger charge is 2.11. The summed E-state index contributed by atoms with van der Waals surface area (Å²) >= 11 is 0. The van der Waals surface area contributed by atoms with Crippen molar-refractivity contribution in [3.05, 3.63) is 24.2 Å². The van der Waals surface area contributed by atoms with Gasteiger partial charge in [0, 0.05) is 13.1 Å². The number of hydrogen-bond acceptors (Lipinski definition) is 4. The maximum absolute atomic E-state index is 11.4. The minimum Gasteiger partial charge on any atom is -0.459 e. The van der Waals surface area contributed by atoms with Gasteiger partial charge in [-0.3, -0.25) is 9.59 Å². The summed E-state index contributed by atoms with van der Waals surface area (Å²) in [6, 6.07) is 2.74. The van der Waals surface area contributed by atoms with Crippen LogP contribution in [0.3, 0.4) is 0 Å². The highest BCUT2D eigenvalue weighted by molar-refractivity contribution is 5.91. The normalized spacial score (nSPS) is 11.9. The molecule has 0 aliphatic rings. The summed E-state index contributed by atoms with van der Waals surface area (Å²) < 4.78 is 4.92. The molecule has 4 N–H and O–H groups in total. The van der Waals surface area contributed by atoms with Gasteiger partial charge in [0.2, 0.25) is 5.91 Å². The van der Waals surface area contributed by atoms with Crippen LogP contribution >= 0.6 is 0 Å². The lowest BCUT2D eigenvalue weighted by Gasteiger charge is -2.11. The molecule has 1 unspecified atom stereocenters. The second-order valence-corrected chi connectivity index (χ2v) is 3.92. The molecule has 0 radical (unpaired) electrons. The van der Waals surface area contributed by atoms with Gasteiger partial charge in [-0.05, 0) is 18.6 Å². The Hall–Kier alpha value is -1.82. The van der Waals surface area contributed by atoms with E-state index in [-0.39, 0.29) is 17.6 Å². The van der Waals surface area contributed by atoms with E-state index in [0.29, 0.717) is 19.5 Å². The smallest absolute Gasteiger partial charge is 0.287 e. The quantitative estimate of drug-likeness (QED) is 0.607. The molecule has 0 saturated carbocycles. The van der Waals surface area contributed by atoms with E-state index in [1.807, 2.05) is 6.92 Å². The Morgan fingerprint density at radius 1 is 1.39 bits per heavy atom. The predicted octanol–water partition coefficient (Wildman–Crippen LogP) is 0.253. The van der Waals surface area contributed by atoms with Crippen molar-refractivity contribution in [3.8, 4) is 0 Å². The Bertz CT molecular complexity index is 376. The van der Waals surface area contributed by atoms with E-state index in [4.69, 9.17) is 10.2 Å². The van der Waals surface area contributed by atoms with Gasteiger partial charge in [-0.1, -0.05) is 13.3 Å². The largest absolute Gasteiger partial charge is 0.459 e. The fourth-order valence-electron chi connectivity index (χ4n) is 1.43. The van der Waals surface area contributed by atoms with Crippen LogP contribution in [0.25, 0.3) is 0 Å². The summed E-state index contributed by atoms with van der Waals surface area (Å²) in [4.78, 5) is 22.9. The summed E-state index contributed by atoms with van der Waals surface area (Å²) in [5.74, 6) is -0.236. The van der Waals surface area contributed by atoms with Gasteiger partial charge in [-0.25, -0.2) is 0 Å². The molecule has 0 aromatic carbocycles. The van der Waals surface area contributed by atoms with Gasteiger partial charge >= 0.3 is 0 Å². The van der Waals surface area contributed by atoms with Crippen molar-refractivity contribution >= 4 is 11.8 Å².